The number of rotatable bonds is 3. The highest BCUT2D eigenvalue weighted by atomic mass is 16.3. The lowest BCUT2D eigenvalue weighted by Crippen LogP contribution is -2.30. The van der Waals surface area contributed by atoms with E-state index in [1.807, 2.05) is 13.0 Å². The van der Waals surface area contributed by atoms with Gasteiger partial charge < -0.3 is 10.4 Å². The van der Waals surface area contributed by atoms with E-state index in [-0.39, 0.29) is 12.6 Å². The molecule has 3 heteroatoms. The Morgan fingerprint density at radius 1 is 1.88 bits per heavy atom. The Kier molecular flexibility index (Phi) is 4.23. The normalized spacial score (nSPS) is 12.6. The molecule has 0 aliphatic heterocycles. The van der Waals surface area contributed by atoms with Crippen molar-refractivity contribution in [1.29, 1.82) is 5.26 Å². The summed E-state index contributed by atoms with van der Waals surface area (Å²) in [7, 11) is 0. The Morgan fingerprint density at radius 2 is 2.50 bits per heavy atom. The maximum atomic E-state index is 8.37. The highest BCUT2D eigenvalue weighted by molar-refractivity contribution is 4.88. The van der Waals surface area contributed by atoms with Crippen LogP contribution in [0.25, 0.3) is 0 Å². The van der Waals surface area contributed by atoms with Gasteiger partial charge in [-0.3, -0.25) is 0 Å². The van der Waals surface area contributed by atoms with Gasteiger partial charge in [0.1, 0.15) is 6.04 Å². The van der Waals surface area contributed by atoms with Crippen LogP contribution in [0.4, 0.5) is 0 Å². The van der Waals surface area contributed by atoms with Gasteiger partial charge in [-0.05, 0) is 6.54 Å². The number of aliphatic hydroxyl groups is 1. The molecule has 46 valence electrons. The third kappa shape index (κ3) is 2.56. The molecule has 0 aromatic heterocycles. The van der Waals surface area contributed by atoms with Crippen LogP contribution in [0, 0.1) is 11.3 Å². The van der Waals surface area contributed by atoms with E-state index in [9.17, 15) is 0 Å². The molecule has 0 saturated heterocycles. The molecule has 1 atom stereocenters. The molecule has 0 bridgehead atoms. The molecule has 0 aromatic carbocycles. The van der Waals surface area contributed by atoms with Crippen LogP contribution in [0.3, 0.4) is 0 Å². The van der Waals surface area contributed by atoms with Crippen molar-refractivity contribution in [3.8, 4) is 6.07 Å². The van der Waals surface area contributed by atoms with Crippen LogP contribution in [0.1, 0.15) is 6.92 Å². The third-order valence-electron chi connectivity index (χ3n) is 0.789. The number of hydrogen-bond acceptors (Lipinski definition) is 3. The van der Waals surface area contributed by atoms with Crippen LogP contribution in [0.5, 0.6) is 0 Å². The zero-order valence-corrected chi connectivity index (χ0v) is 4.89. The van der Waals surface area contributed by atoms with Gasteiger partial charge >= 0.3 is 0 Å². The first kappa shape index (κ1) is 7.41. The van der Waals surface area contributed by atoms with Crippen molar-refractivity contribution >= 4 is 0 Å². The van der Waals surface area contributed by atoms with Crippen LogP contribution < -0.4 is 5.32 Å². The first-order valence-corrected chi connectivity index (χ1v) is 2.59. The largest absolute Gasteiger partial charge is 0.394 e. The van der Waals surface area contributed by atoms with Crippen LogP contribution in [0.2, 0.25) is 0 Å². The minimum Gasteiger partial charge on any atom is -0.394 e. The maximum Gasteiger partial charge on any atom is 0.119 e. The number of likely N-dealkylation sites (N-methyl/N-ethyl adjacent to an activating group) is 1. The number of nitrogens with zero attached hydrogens (tertiary/aromatic N) is 1. The minimum absolute atomic E-state index is 0.107. The van der Waals surface area contributed by atoms with Gasteiger partial charge in [0.25, 0.3) is 0 Å². The molecule has 0 heterocycles. The smallest absolute Gasteiger partial charge is 0.119 e. The lowest BCUT2D eigenvalue weighted by molar-refractivity contribution is 0.269. The standard InChI is InChI=1S/C5H10N2O/c1-2-7-5(3-6)4-8/h5,7-8H,2,4H2,1H3. The summed E-state index contributed by atoms with van der Waals surface area (Å²) in [6, 6.07) is 1.50. The Bertz CT molecular complexity index is 86.9. The van der Waals surface area contributed by atoms with Crippen LogP contribution in [0.15, 0.2) is 0 Å². The van der Waals surface area contributed by atoms with Crippen molar-refractivity contribution in [3.05, 3.63) is 0 Å². The zero-order valence-electron chi connectivity index (χ0n) is 4.89. The molecule has 0 aliphatic carbocycles. The fourth-order valence-electron chi connectivity index (χ4n) is 0.397. The van der Waals surface area contributed by atoms with Crippen molar-refractivity contribution in [3.63, 3.8) is 0 Å². The molecule has 1 unspecified atom stereocenters. The van der Waals surface area contributed by atoms with Crippen LogP contribution in [-0.4, -0.2) is 24.3 Å². The molecule has 0 fully saturated rings. The molecule has 0 aliphatic rings. The second-order valence-electron chi connectivity index (χ2n) is 1.42. The fourth-order valence-corrected chi connectivity index (χ4v) is 0.397. The highest BCUT2D eigenvalue weighted by Gasteiger charge is 1.99. The average molecular weight is 114 g/mol. The van der Waals surface area contributed by atoms with Gasteiger partial charge in [-0.2, -0.15) is 5.26 Å². The fraction of sp³-hybridized carbons (Fsp3) is 0.800. The SMILES string of the molecule is CCNC(C#N)CO. The topological polar surface area (TPSA) is 56.0 Å². The summed E-state index contributed by atoms with van der Waals surface area (Å²) in [6.07, 6.45) is 0. The maximum absolute atomic E-state index is 8.37. The highest BCUT2D eigenvalue weighted by Crippen LogP contribution is 1.74. The van der Waals surface area contributed by atoms with Crippen molar-refractivity contribution in [2.24, 2.45) is 0 Å². The van der Waals surface area contributed by atoms with E-state index in [0.29, 0.717) is 0 Å². The first-order valence-electron chi connectivity index (χ1n) is 2.59. The quantitative estimate of drug-likeness (QED) is 0.519. The number of aliphatic hydroxyl groups excluding tert-OH is 1. The molecule has 2 N–H and O–H groups in total. The Hall–Kier alpha value is -0.590. The number of nitriles is 1. The van der Waals surface area contributed by atoms with Crippen molar-refractivity contribution in [2.45, 2.75) is 13.0 Å². The van der Waals surface area contributed by atoms with Crippen LogP contribution in [-0.2, 0) is 0 Å². The monoisotopic (exact) mass is 114 g/mol. The van der Waals surface area contributed by atoms with E-state index >= 15 is 0 Å². The van der Waals surface area contributed by atoms with E-state index in [0.717, 1.165) is 6.54 Å². The molecule has 0 radical (unpaired) electrons. The van der Waals surface area contributed by atoms with E-state index in [4.69, 9.17) is 10.4 Å². The van der Waals surface area contributed by atoms with Crippen molar-refractivity contribution in [1.82, 2.24) is 5.32 Å². The second kappa shape index (κ2) is 4.57. The van der Waals surface area contributed by atoms with Crippen molar-refractivity contribution < 1.29 is 5.11 Å². The lowest BCUT2D eigenvalue weighted by Gasteiger charge is -2.02. The van der Waals surface area contributed by atoms with Crippen LogP contribution >= 0.6 is 0 Å². The Labute approximate surface area is 48.9 Å². The van der Waals surface area contributed by atoms with Gasteiger partial charge in [-0.25, -0.2) is 0 Å². The third-order valence-corrected chi connectivity index (χ3v) is 0.789. The number of nitrogens with one attached hydrogen (secondary N) is 1. The summed E-state index contributed by atoms with van der Waals surface area (Å²) in [5, 5.41) is 19.3. The first-order chi connectivity index (χ1) is 3.85. The van der Waals surface area contributed by atoms with E-state index in [1.54, 1.807) is 0 Å². The Balaban J connectivity index is 3.26. The second-order valence-corrected chi connectivity index (χ2v) is 1.42. The molecule has 0 saturated carbocycles. The molecule has 0 spiro atoms. The van der Waals surface area contributed by atoms with Gasteiger partial charge in [-0.15, -0.1) is 0 Å². The summed E-state index contributed by atoms with van der Waals surface area (Å²) >= 11 is 0. The van der Waals surface area contributed by atoms with Gasteiger partial charge in [0.05, 0.1) is 12.7 Å². The molecular weight excluding hydrogens is 104 g/mol. The summed E-state index contributed by atoms with van der Waals surface area (Å²) in [5.74, 6) is 0. The van der Waals surface area contributed by atoms with Gasteiger partial charge in [0.15, 0.2) is 0 Å². The molecule has 3 nitrogen and oxygen atoms in total. The van der Waals surface area contributed by atoms with Gasteiger partial charge in [0.2, 0.25) is 0 Å². The molecule has 0 aromatic rings. The van der Waals surface area contributed by atoms with Gasteiger partial charge in [0, 0.05) is 0 Å². The van der Waals surface area contributed by atoms with E-state index < -0.39 is 0 Å². The van der Waals surface area contributed by atoms with E-state index in [2.05, 4.69) is 5.32 Å². The average Bonchev–Trinajstić information content (AvgIpc) is 1.83. The molecule has 8 heavy (non-hydrogen) atoms. The predicted octanol–water partition coefficient (Wildman–Crippen LogP) is -0.520. The summed E-state index contributed by atoms with van der Waals surface area (Å²) in [5.41, 5.74) is 0. The Morgan fingerprint density at radius 3 is 2.62 bits per heavy atom. The summed E-state index contributed by atoms with van der Waals surface area (Å²) < 4.78 is 0. The molecule has 0 amide bonds. The van der Waals surface area contributed by atoms with E-state index in [1.165, 1.54) is 0 Å². The minimum atomic E-state index is -0.389. The number of hydrogen-bond donors (Lipinski definition) is 2. The van der Waals surface area contributed by atoms with Gasteiger partial charge in [-0.1, -0.05) is 6.92 Å². The lowest BCUT2D eigenvalue weighted by atomic mass is 10.3. The zero-order chi connectivity index (χ0) is 6.41. The summed E-state index contributed by atoms with van der Waals surface area (Å²) in [4.78, 5) is 0. The molecule has 0 rings (SSSR count). The predicted molar refractivity (Wildman–Crippen MR) is 30.2 cm³/mol. The summed E-state index contributed by atoms with van der Waals surface area (Å²) in [6.45, 7) is 2.50. The molecular formula is C5H10N2O. The van der Waals surface area contributed by atoms with Crippen molar-refractivity contribution in [2.75, 3.05) is 13.2 Å².